The van der Waals surface area contributed by atoms with Crippen molar-refractivity contribution < 1.29 is 17.2 Å². The number of nitrogens with one attached hydrogen (secondary N) is 1. The third-order valence-corrected chi connectivity index (χ3v) is 4.38. The molecule has 0 aromatic heterocycles. The van der Waals surface area contributed by atoms with Gasteiger partial charge in [-0.2, -0.15) is 0 Å². The molecule has 0 saturated carbocycles. The molecular weight excluding hydrogens is 354 g/mol. The van der Waals surface area contributed by atoms with Crippen molar-refractivity contribution in [1.29, 1.82) is 0 Å². The highest BCUT2D eigenvalue weighted by Gasteiger charge is 2.30. The average Bonchev–Trinajstić information content (AvgIpc) is 2.30. The fraction of sp³-hybridized carbons (Fsp3) is 0.333. The molecule has 3 N–H and O–H groups in total. The van der Waals surface area contributed by atoms with E-state index < -0.39 is 29.0 Å². The Morgan fingerprint density at radius 1 is 1.44 bits per heavy atom. The Bertz CT molecular complexity index is 539. The van der Waals surface area contributed by atoms with Crippen molar-refractivity contribution in [2.24, 2.45) is 5.73 Å². The van der Waals surface area contributed by atoms with Gasteiger partial charge < -0.3 is 5.73 Å². The van der Waals surface area contributed by atoms with Crippen LogP contribution in [-0.2, 0) is 10.0 Å². The predicted molar refractivity (Wildman–Crippen MR) is 68.3 cm³/mol. The highest BCUT2D eigenvalue weighted by Crippen LogP contribution is 2.25. The first kappa shape index (κ1) is 15.8. The molecule has 0 saturated heterocycles. The molecule has 0 heterocycles. The second-order valence-electron chi connectivity index (χ2n) is 3.46. The number of alkyl halides is 2. The molecule has 4 nitrogen and oxygen atoms in total. The lowest BCUT2D eigenvalue weighted by Gasteiger charge is -2.15. The molecule has 1 aromatic carbocycles. The van der Waals surface area contributed by atoms with Crippen LogP contribution in [0.1, 0.15) is 0 Å². The van der Waals surface area contributed by atoms with Crippen LogP contribution in [0.15, 0.2) is 27.6 Å². The number of rotatable bonds is 5. The fourth-order valence-electron chi connectivity index (χ4n) is 1.03. The van der Waals surface area contributed by atoms with Crippen molar-refractivity contribution in [3.05, 3.63) is 27.7 Å². The largest absolute Gasteiger partial charge is 0.325 e. The zero-order valence-electron chi connectivity index (χ0n) is 8.96. The lowest BCUT2D eigenvalue weighted by atomic mass is 10.3. The Kier molecular flexibility index (Phi) is 5.07. The molecule has 0 aliphatic rings. The Morgan fingerprint density at radius 2 is 2.06 bits per heavy atom. The van der Waals surface area contributed by atoms with Crippen LogP contribution in [0, 0.1) is 0 Å². The monoisotopic (exact) mass is 362 g/mol. The first-order chi connectivity index (χ1) is 8.18. The number of sulfonamides is 1. The molecule has 0 spiro atoms. The summed E-state index contributed by atoms with van der Waals surface area (Å²) >= 11 is 8.79. The Labute approximate surface area is 117 Å². The van der Waals surface area contributed by atoms with Gasteiger partial charge in [0.15, 0.2) is 0 Å². The lowest BCUT2D eigenvalue weighted by Crippen LogP contribution is -2.41. The maximum atomic E-state index is 12.9. The van der Waals surface area contributed by atoms with E-state index in [4.69, 9.17) is 17.3 Å². The van der Waals surface area contributed by atoms with Gasteiger partial charge in [-0.05, 0) is 18.2 Å². The second kappa shape index (κ2) is 5.79. The van der Waals surface area contributed by atoms with E-state index in [-0.39, 0.29) is 9.92 Å². The number of hydrogen-bond donors (Lipinski definition) is 2. The van der Waals surface area contributed by atoms with E-state index >= 15 is 0 Å². The van der Waals surface area contributed by atoms with Crippen LogP contribution in [-0.4, -0.2) is 27.4 Å². The van der Waals surface area contributed by atoms with Crippen molar-refractivity contribution in [2.75, 3.05) is 13.1 Å². The Morgan fingerprint density at radius 3 is 2.61 bits per heavy atom. The van der Waals surface area contributed by atoms with Gasteiger partial charge in [-0.15, -0.1) is 0 Å². The third kappa shape index (κ3) is 4.13. The minimum Gasteiger partial charge on any atom is -0.325 e. The topological polar surface area (TPSA) is 72.2 Å². The van der Waals surface area contributed by atoms with Crippen LogP contribution in [0.4, 0.5) is 8.78 Å². The summed E-state index contributed by atoms with van der Waals surface area (Å²) in [7, 11) is -4.10. The molecule has 0 bridgehead atoms. The van der Waals surface area contributed by atoms with Crippen LogP contribution in [0.5, 0.6) is 0 Å². The van der Waals surface area contributed by atoms with Crippen LogP contribution < -0.4 is 10.5 Å². The molecule has 1 aromatic rings. The van der Waals surface area contributed by atoms with Crippen LogP contribution in [0.2, 0.25) is 5.02 Å². The van der Waals surface area contributed by atoms with Crippen LogP contribution >= 0.6 is 27.5 Å². The quantitative estimate of drug-likeness (QED) is 0.840. The third-order valence-electron chi connectivity index (χ3n) is 2.00. The SMILES string of the molecule is NCC(F)(F)CNS(=O)(=O)c1cc(Br)ccc1Cl. The molecule has 102 valence electrons. The van der Waals surface area contributed by atoms with Gasteiger partial charge in [-0.1, -0.05) is 27.5 Å². The molecule has 0 amide bonds. The molecule has 0 atom stereocenters. The first-order valence-corrected chi connectivity index (χ1v) is 7.36. The molecule has 1 rings (SSSR count). The maximum absolute atomic E-state index is 12.9. The number of halogens is 4. The average molecular weight is 364 g/mol. The van der Waals surface area contributed by atoms with Gasteiger partial charge in [0.1, 0.15) is 4.90 Å². The first-order valence-electron chi connectivity index (χ1n) is 4.70. The highest BCUT2D eigenvalue weighted by molar-refractivity contribution is 9.10. The summed E-state index contributed by atoms with van der Waals surface area (Å²) in [5.74, 6) is -3.30. The molecule has 0 fully saturated rings. The normalized spacial score (nSPS) is 12.7. The van der Waals surface area contributed by atoms with E-state index in [0.717, 1.165) is 0 Å². The Balaban J connectivity index is 2.97. The summed E-state index contributed by atoms with van der Waals surface area (Å²) in [6, 6.07) is 4.11. The molecule has 18 heavy (non-hydrogen) atoms. The number of hydrogen-bond acceptors (Lipinski definition) is 3. The molecular formula is C9H10BrClF2N2O2S. The summed E-state index contributed by atoms with van der Waals surface area (Å²) in [5.41, 5.74) is 4.81. The predicted octanol–water partition coefficient (Wildman–Crippen LogP) is 1.97. The van der Waals surface area contributed by atoms with Crippen LogP contribution in [0.25, 0.3) is 0 Å². The van der Waals surface area contributed by atoms with Gasteiger partial charge in [-0.25, -0.2) is 21.9 Å². The lowest BCUT2D eigenvalue weighted by molar-refractivity contribution is 0.0170. The minimum absolute atomic E-state index is 0.0539. The molecule has 0 radical (unpaired) electrons. The summed E-state index contributed by atoms with van der Waals surface area (Å²) in [5, 5.41) is -0.0539. The standard InChI is InChI=1S/C9H10BrClF2N2O2S/c10-6-1-2-7(11)8(3-6)18(16,17)15-5-9(12,13)4-14/h1-3,15H,4-5,14H2. The van der Waals surface area contributed by atoms with Crippen LogP contribution in [0.3, 0.4) is 0 Å². The maximum Gasteiger partial charge on any atom is 0.273 e. The number of benzene rings is 1. The van der Waals surface area contributed by atoms with Gasteiger partial charge >= 0.3 is 0 Å². The zero-order chi connectivity index (χ0) is 14.0. The van der Waals surface area contributed by atoms with E-state index in [2.05, 4.69) is 15.9 Å². The zero-order valence-corrected chi connectivity index (χ0v) is 12.1. The van der Waals surface area contributed by atoms with Gasteiger partial charge in [0.2, 0.25) is 10.0 Å². The molecule has 0 aliphatic heterocycles. The van der Waals surface area contributed by atoms with E-state index in [9.17, 15) is 17.2 Å². The van der Waals surface area contributed by atoms with Gasteiger partial charge in [0, 0.05) is 4.47 Å². The summed E-state index contributed by atoms with van der Waals surface area (Å²) < 4.78 is 51.6. The van der Waals surface area contributed by atoms with E-state index in [1.54, 1.807) is 4.72 Å². The fourth-order valence-corrected chi connectivity index (χ4v) is 3.13. The van der Waals surface area contributed by atoms with Crippen molar-refractivity contribution >= 4 is 37.6 Å². The van der Waals surface area contributed by atoms with Crippen molar-refractivity contribution in [3.63, 3.8) is 0 Å². The number of nitrogens with two attached hydrogens (primary N) is 1. The minimum atomic E-state index is -4.10. The van der Waals surface area contributed by atoms with E-state index in [1.165, 1.54) is 18.2 Å². The molecule has 0 aliphatic carbocycles. The van der Waals surface area contributed by atoms with E-state index in [0.29, 0.717) is 4.47 Å². The second-order valence-corrected chi connectivity index (χ2v) is 6.52. The summed E-state index contributed by atoms with van der Waals surface area (Å²) in [4.78, 5) is -0.272. The smallest absolute Gasteiger partial charge is 0.273 e. The molecule has 0 unspecified atom stereocenters. The molecule has 9 heteroatoms. The van der Waals surface area contributed by atoms with Crippen molar-refractivity contribution in [1.82, 2.24) is 4.72 Å². The summed E-state index contributed by atoms with van der Waals surface area (Å²) in [6.45, 7) is -2.02. The van der Waals surface area contributed by atoms with Crippen molar-refractivity contribution in [2.45, 2.75) is 10.8 Å². The summed E-state index contributed by atoms with van der Waals surface area (Å²) in [6.07, 6.45) is 0. The van der Waals surface area contributed by atoms with Gasteiger partial charge in [0.05, 0.1) is 18.1 Å². The van der Waals surface area contributed by atoms with E-state index in [1.807, 2.05) is 0 Å². The highest BCUT2D eigenvalue weighted by atomic mass is 79.9. The van der Waals surface area contributed by atoms with Gasteiger partial charge in [0.25, 0.3) is 5.92 Å². The van der Waals surface area contributed by atoms with Crippen molar-refractivity contribution in [3.8, 4) is 0 Å². The van der Waals surface area contributed by atoms with Gasteiger partial charge in [-0.3, -0.25) is 0 Å². The Hall–Kier alpha value is -0.280.